The lowest BCUT2D eigenvalue weighted by Crippen LogP contribution is -2.45. The number of urea groups is 1. The number of halogens is 5. The molecule has 12 nitrogen and oxygen atoms in total. The zero-order chi connectivity index (χ0) is 29.1. The Labute approximate surface area is 228 Å². The van der Waals surface area contributed by atoms with E-state index in [-0.39, 0.29) is 29.6 Å². The van der Waals surface area contributed by atoms with E-state index in [0.29, 0.717) is 11.3 Å². The van der Waals surface area contributed by atoms with Crippen LogP contribution >= 0.6 is 0 Å². The summed E-state index contributed by atoms with van der Waals surface area (Å²) >= 11 is 0. The topological polar surface area (TPSA) is 140 Å². The van der Waals surface area contributed by atoms with Crippen molar-refractivity contribution >= 4 is 17.6 Å². The third-order valence-corrected chi connectivity index (χ3v) is 7.67. The number of methoxy groups -OCH3 is 1. The number of carbonyl (C=O) groups is 2. The van der Waals surface area contributed by atoms with Gasteiger partial charge in [0.05, 0.1) is 43.3 Å². The number of nitrogens with one attached hydrogen (secondary N) is 2. The summed E-state index contributed by atoms with van der Waals surface area (Å²) in [5.74, 6) is -4.06. The van der Waals surface area contributed by atoms with Crippen LogP contribution in [-0.2, 0) is 4.74 Å². The highest BCUT2D eigenvalue weighted by Gasteiger charge is 2.51. The van der Waals surface area contributed by atoms with Crippen molar-refractivity contribution in [2.75, 3.05) is 20.3 Å². The van der Waals surface area contributed by atoms with Crippen LogP contribution in [0.25, 0.3) is 5.65 Å². The molecule has 3 aromatic heterocycles. The molecule has 1 aliphatic heterocycles. The van der Waals surface area contributed by atoms with Gasteiger partial charge >= 0.3 is 12.2 Å². The molecule has 3 aromatic rings. The molecule has 2 saturated carbocycles. The Balaban J connectivity index is 1.28. The molecule has 41 heavy (non-hydrogen) atoms. The van der Waals surface area contributed by atoms with Crippen LogP contribution in [0.2, 0.25) is 0 Å². The van der Waals surface area contributed by atoms with E-state index >= 15 is 0 Å². The molecule has 1 unspecified atom stereocenters. The number of alkyl halides is 5. The number of nitrogens with zero attached hydrogens (tertiary/aromatic N) is 6. The van der Waals surface area contributed by atoms with Crippen LogP contribution in [0.1, 0.15) is 71.1 Å². The highest BCUT2D eigenvalue weighted by molar-refractivity contribution is 5.93. The van der Waals surface area contributed by atoms with Crippen LogP contribution in [0, 0.1) is 5.92 Å². The van der Waals surface area contributed by atoms with Gasteiger partial charge in [-0.3, -0.25) is 4.79 Å². The highest BCUT2D eigenvalue weighted by Crippen LogP contribution is 2.48. The number of hydrogen-bond acceptors (Lipinski definition) is 8. The van der Waals surface area contributed by atoms with Crippen LogP contribution < -0.4 is 10.6 Å². The van der Waals surface area contributed by atoms with Gasteiger partial charge in [-0.2, -0.15) is 18.3 Å². The van der Waals surface area contributed by atoms with E-state index < -0.39 is 67.5 Å². The van der Waals surface area contributed by atoms with E-state index in [9.17, 15) is 31.5 Å². The van der Waals surface area contributed by atoms with Crippen molar-refractivity contribution in [2.24, 2.45) is 5.92 Å². The lowest BCUT2D eigenvalue weighted by Gasteiger charge is -2.39. The van der Waals surface area contributed by atoms with Gasteiger partial charge in [0.15, 0.2) is 11.3 Å². The third-order valence-electron chi connectivity index (χ3n) is 7.67. The van der Waals surface area contributed by atoms with Gasteiger partial charge in [0.1, 0.15) is 11.7 Å². The van der Waals surface area contributed by atoms with Crippen LogP contribution in [0.3, 0.4) is 0 Å². The van der Waals surface area contributed by atoms with E-state index in [1.165, 1.54) is 30.1 Å². The summed E-state index contributed by atoms with van der Waals surface area (Å²) in [6.07, 6.45) is -1.02. The summed E-state index contributed by atoms with van der Waals surface area (Å²) in [6.45, 7) is -0.737. The van der Waals surface area contributed by atoms with Crippen molar-refractivity contribution in [1.29, 1.82) is 0 Å². The predicted octanol–water partition coefficient (Wildman–Crippen LogP) is 3.15. The highest BCUT2D eigenvalue weighted by atomic mass is 19.4. The van der Waals surface area contributed by atoms with Crippen LogP contribution in [0.4, 0.5) is 26.7 Å². The van der Waals surface area contributed by atoms with Crippen molar-refractivity contribution in [3.05, 3.63) is 41.1 Å². The van der Waals surface area contributed by atoms with Crippen LogP contribution in [-0.4, -0.2) is 80.2 Å². The fraction of sp³-hybridized carbons (Fsp3) is 0.583. The van der Waals surface area contributed by atoms with Crippen molar-refractivity contribution in [1.82, 2.24) is 40.4 Å². The van der Waals surface area contributed by atoms with Gasteiger partial charge in [-0.1, -0.05) is 5.16 Å². The zero-order valence-electron chi connectivity index (χ0n) is 21.6. The van der Waals surface area contributed by atoms with Gasteiger partial charge < -0.3 is 20.3 Å². The quantitative estimate of drug-likeness (QED) is 0.366. The van der Waals surface area contributed by atoms with E-state index in [0.717, 1.165) is 17.7 Å². The fourth-order valence-electron chi connectivity index (χ4n) is 5.34. The van der Waals surface area contributed by atoms with Crippen molar-refractivity contribution < 1.29 is 40.9 Å². The standard InChI is InChI=1S/C24H25F5N8O4/c1-40-10-15(36-9-16(24(27,28)29)32-22(36)39)12-4-17-31-14(8-37(17)30-7-12)18(13-5-23(25,26)6-13)33-21(38)20-19(11-2-3-11)34-41-35-20/h4,7-8,11,13,15-16,18H,2-3,5-6,9-10H2,1H3,(H,32,39)(H,33,38)/t15-,16+,18?/m1/s1. The van der Waals surface area contributed by atoms with E-state index in [1.54, 1.807) is 0 Å². The number of fused-ring (bicyclic) bond motifs is 1. The molecule has 0 bridgehead atoms. The molecular weight excluding hydrogens is 559 g/mol. The second kappa shape index (κ2) is 9.88. The summed E-state index contributed by atoms with van der Waals surface area (Å²) in [4.78, 5) is 31.0. The van der Waals surface area contributed by atoms with Gasteiger partial charge in [-0.25, -0.2) is 27.7 Å². The molecule has 0 spiro atoms. The maximum absolute atomic E-state index is 13.8. The van der Waals surface area contributed by atoms with E-state index in [1.807, 2.05) is 5.32 Å². The molecule has 1 saturated heterocycles. The van der Waals surface area contributed by atoms with Gasteiger partial charge in [-0.15, -0.1) is 0 Å². The Kier molecular flexibility index (Phi) is 6.58. The Morgan fingerprint density at radius 1 is 1.29 bits per heavy atom. The molecule has 2 N–H and O–H groups in total. The molecule has 3 amide bonds. The summed E-state index contributed by atoms with van der Waals surface area (Å²) in [7, 11) is 1.35. The first kappa shape index (κ1) is 27.3. The summed E-state index contributed by atoms with van der Waals surface area (Å²) in [5.41, 5.74) is 1.26. The molecule has 6 rings (SSSR count). The first-order valence-corrected chi connectivity index (χ1v) is 12.9. The number of rotatable bonds is 9. The number of ether oxygens (including phenoxy) is 1. The Bertz CT molecular complexity index is 1460. The van der Waals surface area contributed by atoms with Crippen molar-refractivity contribution in [3.63, 3.8) is 0 Å². The fourth-order valence-corrected chi connectivity index (χ4v) is 5.34. The molecule has 4 heterocycles. The van der Waals surface area contributed by atoms with Crippen molar-refractivity contribution in [2.45, 2.75) is 61.8 Å². The van der Waals surface area contributed by atoms with Crippen molar-refractivity contribution in [3.8, 4) is 0 Å². The Morgan fingerprint density at radius 2 is 2.05 bits per heavy atom. The Morgan fingerprint density at radius 3 is 2.68 bits per heavy atom. The molecule has 0 aromatic carbocycles. The smallest absolute Gasteiger partial charge is 0.382 e. The van der Waals surface area contributed by atoms with E-state index in [4.69, 9.17) is 9.37 Å². The maximum Gasteiger partial charge on any atom is 0.410 e. The minimum atomic E-state index is -4.62. The maximum atomic E-state index is 13.8. The lowest BCUT2D eigenvalue weighted by atomic mass is 9.75. The molecule has 3 fully saturated rings. The van der Waals surface area contributed by atoms with E-state index in [2.05, 4.69) is 25.7 Å². The minimum absolute atomic E-state index is 0.00350. The normalized spacial score (nSPS) is 22.4. The van der Waals surface area contributed by atoms with Gasteiger partial charge in [0.2, 0.25) is 5.92 Å². The third kappa shape index (κ3) is 5.29. The number of carbonyl (C=O) groups excluding carboxylic acids is 2. The van der Waals surface area contributed by atoms with Crippen LogP contribution in [0.15, 0.2) is 23.1 Å². The van der Waals surface area contributed by atoms with Crippen LogP contribution in [0.5, 0.6) is 0 Å². The molecule has 2 aliphatic carbocycles. The second-order valence-electron chi connectivity index (χ2n) is 10.7. The molecule has 3 aliphatic rings. The first-order valence-electron chi connectivity index (χ1n) is 12.9. The van der Waals surface area contributed by atoms with Gasteiger partial charge in [-0.05, 0) is 30.0 Å². The molecule has 0 radical (unpaired) electrons. The number of imidazole rings is 1. The molecule has 17 heteroatoms. The average Bonchev–Trinajstić information content (AvgIpc) is 3.28. The molecule has 220 valence electrons. The predicted molar refractivity (Wildman–Crippen MR) is 127 cm³/mol. The number of hydrogen-bond donors (Lipinski definition) is 2. The lowest BCUT2D eigenvalue weighted by molar-refractivity contribution is -0.150. The summed E-state index contributed by atoms with van der Waals surface area (Å²) < 4.78 is 78.7. The minimum Gasteiger partial charge on any atom is -0.382 e. The number of aromatic nitrogens is 5. The number of amides is 3. The average molecular weight is 585 g/mol. The zero-order valence-corrected chi connectivity index (χ0v) is 21.6. The Hall–Kier alpha value is -3.89. The summed E-state index contributed by atoms with van der Waals surface area (Å²) in [6, 6.07) is -3.24. The monoisotopic (exact) mass is 584 g/mol. The first-order chi connectivity index (χ1) is 19.4. The summed E-state index contributed by atoms with van der Waals surface area (Å²) in [5, 5.41) is 16.5. The largest absolute Gasteiger partial charge is 0.410 e. The van der Waals surface area contributed by atoms with Gasteiger partial charge in [0.25, 0.3) is 5.91 Å². The SMILES string of the molecule is COC[C@H](c1cnn2cc(C(NC(=O)c3nonc3C3CC3)C3CC(F)(F)C3)nc2c1)N1C[C@@H](C(F)(F)F)NC1=O. The van der Waals surface area contributed by atoms with Gasteiger partial charge in [0, 0.05) is 31.4 Å². The molecular formula is C24H25F5N8O4. The molecule has 3 atom stereocenters. The second-order valence-corrected chi connectivity index (χ2v) is 10.7.